The molecule has 0 aromatic heterocycles. The average molecular weight is 246 g/mol. The van der Waals surface area contributed by atoms with Crippen LogP contribution in [0.1, 0.15) is 30.4 Å². The van der Waals surface area contributed by atoms with Gasteiger partial charge in [0.25, 0.3) is 0 Å². The van der Waals surface area contributed by atoms with Crippen LogP contribution in [0.4, 0.5) is 5.69 Å². The van der Waals surface area contributed by atoms with Gasteiger partial charge in [-0.3, -0.25) is 4.79 Å². The van der Waals surface area contributed by atoms with Gasteiger partial charge in [-0.05, 0) is 49.9 Å². The van der Waals surface area contributed by atoms with Crippen LogP contribution in [0.15, 0.2) is 18.2 Å². The van der Waals surface area contributed by atoms with E-state index in [1.54, 1.807) is 4.90 Å². The molecule has 3 heteroatoms. The molecule has 2 unspecified atom stereocenters. The summed E-state index contributed by atoms with van der Waals surface area (Å²) in [5.74, 6) is 0.154. The molecule has 18 heavy (non-hydrogen) atoms. The molecule has 2 atom stereocenters. The molecular weight excluding hydrogens is 224 g/mol. The first kappa shape index (κ1) is 13.1. The summed E-state index contributed by atoms with van der Waals surface area (Å²) < 4.78 is 0. The van der Waals surface area contributed by atoms with E-state index in [1.165, 1.54) is 11.1 Å². The van der Waals surface area contributed by atoms with Gasteiger partial charge in [0, 0.05) is 18.8 Å². The van der Waals surface area contributed by atoms with E-state index in [4.69, 9.17) is 5.73 Å². The molecule has 1 aromatic rings. The number of amides is 1. The predicted octanol–water partition coefficient (Wildman–Crippen LogP) is 2.39. The second-order valence-electron chi connectivity index (χ2n) is 5.44. The lowest BCUT2D eigenvalue weighted by Gasteiger charge is -2.24. The fourth-order valence-electron chi connectivity index (χ4n) is 2.82. The molecule has 1 aliphatic carbocycles. The van der Waals surface area contributed by atoms with Gasteiger partial charge in [-0.1, -0.05) is 12.5 Å². The summed E-state index contributed by atoms with van der Waals surface area (Å²) in [7, 11) is 1.85. The maximum atomic E-state index is 12.4. The van der Waals surface area contributed by atoms with Gasteiger partial charge in [-0.2, -0.15) is 0 Å². The van der Waals surface area contributed by atoms with Crippen LogP contribution >= 0.6 is 0 Å². The summed E-state index contributed by atoms with van der Waals surface area (Å²) in [6.07, 6.45) is 2.96. The van der Waals surface area contributed by atoms with Crippen molar-refractivity contribution in [3.8, 4) is 0 Å². The van der Waals surface area contributed by atoms with Crippen molar-refractivity contribution in [1.82, 2.24) is 0 Å². The first-order valence-electron chi connectivity index (χ1n) is 6.60. The van der Waals surface area contributed by atoms with E-state index < -0.39 is 0 Å². The SMILES string of the molecule is Cc1cc(C)cc(N(C)C(=O)C2CCCC2N)c1. The summed E-state index contributed by atoms with van der Waals surface area (Å²) in [4.78, 5) is 14.2. The van der Waals surface area contributed by atoms with Gasteiger partial charge < -0.3 is 10.6 Å². The topological polar surface area (TPSA) is 46.3 Å². The van der Waals surface area contributed by atoms with Crippen molar-refractivity contribution < 1.29 is 4.79 Å². The molecule has 0 aliphatic heterocycles. The van der Waals surface area contributed by atoms with Gasteiger partial charge in [0.05, 0.1) is 5.92 Å². The monoisotopic (exact) mass is 246 g/mol. The maximum absolute atomic E-state index is 12.4. The largest absolute Gasteiger partial charge is 0.327 e. The van der Waals surface area contributed by atoms with Crippen LogP contribution in [0.5, 0.6) is 0 Å². The fourth-order valence-corrected chi connectivity index (χ4v) is 2.82. The number of carbonyl (C=O) groups excluding carboxylic acids is 1. The Balaban J connectivity index is 2.19. The van der Waals surface area contributed by atoms with Gasteiger partial charge in [-0.25, -0.2) is 0 Å². The summed E-state index contributed by atoms with van der Waals surface area (Å²) >= 11 is 0. The lowest BCUT2D eigenvalue weighted by Crippen LogP contribution is -2.39. The Labute approximate surface area is 109 Å². The Bertz CT molecular complexity index is 436. The molecule has 3 nitrogen and oxygen atoms in total. The van der Waals surface area contributed by atoms with Crippen molar-refractivity contribution in [2.24, 2.45) is 11.7 Å². The Morgan fingerprint density at radius 3 is 2.33 bits per heavy atom. The fraction of sp³-hybridized carbons (Fsp3) is 0.533. The highest BCUT2D eigenvalue weighted by molar-refractivity contribution is 5.95. The first-order chi connectivity index (χ1) is 8.49. The number of nitrogens with two attached hydrogens (primary N) is 1. The molecule has 2 N–H and O–H groups in total. The maximum Gasteiger partial charge on any atom is 0.231 e. The quantitative estimate of drug-likeness (QED) is 0.871. The van der Waals surface area contributed by atoms with E-state index in [2.05, 4.69) is 19.9 Å². The zero-order valence-corrected chi connectivity index (χ0v) is 11.4. The number of hydrogen-bond acceptors (Lipinski definition) is 2. The Hall–Kier alpha value is -1.35. The van der Waals surface area contributed by atoms with Crippen LogP contribution in [0.25, 0.3) is 0 Å². The van der Waals surface area contributed by atoms with E-state index in [1.807, 2.05) is 19.2 Å². The number of benzene rings is 1. The summed E-state index contributed by atoms with van der Waals surface area (Å²) in [6, 6.07) is 6.24. The number of hydrogen-bond donors (Lipinski definition) is 1. The van der Waals surface area contributed by atoms with Crippen LogP contribution in [-0.4, -0.2) is 19.0 Å². The normalized spacial score (nSPS) is 23.1. The van der Waals surface area contributed by atoms with Crippen molar-refractivity contribution in [2.75, 3.05) is 11.9 Å². The zero-order chi connectivity index (χ0) is 13.3. The van der Waals surface area contributed by atoms with Crippen LogP contribution in [-0.2, 0) is 4.79 Å². The van der Waals surface area contributed by atoms with Crippen molar-refractivity contribution in [3.63, 3.8) is 0 Å². The van der Waals surface area contributed by atoms with Crippen LogP contribution in [0, 0.1) is 19.8 Å². The summed E-state index contributed by atoms with van der Waals surface area (Å²) in [5, 5.41) is 0. The minimum absolute atomic E-state index is 0.00387. The van der Waals surface area contributed by atoms with E-state index in [0.29, 0.717) is 0 Å². The highest BCUT2D eigenvalue weighted by Gasteiger charge is 2.32. The smallest absolute Gasteiger partial charge is 0.231 e. The Morgan fingerprint density at radius 2 is 1.83 bits per heavy atom. The average Bonchev–Trinajstić information content (AvgIpc) is 2.72. The number of rotatable bonds is 2. The molecule has 1 aliphatic rings. The highest BCUT2D eigenvalue weighted by atomic mass is 16.2. The Morgan fingerprint density at radius 1 is 1.22 bits per heavy atom. The summed E-state index contributed by atoms with van der Waals surface area (Å²) in [6.45, 7) is 4.10. The molecule has 1 fully saturated rings. The van der Waals surface area contributed by atoms with Gasteiger partial charge in [0.1, 0.15) is 0 Å². The third kappa shape index (κ3) is 2.56. The van der Waals surface area contributed by atoms with E-state index >= 15 is 0 Å². The van der Waals surface area contributed by atoms with Crippen molar-refractivity contribution >= 4 is 11.6 Å². The third-order valence-electron chi connectivity index (χ3n) is 3.81. The molecular formula is C15H22N2O. The molecule has 0 saturated heterocycles. The van der Waals surface area contributed by atoms with Crippen LogP contribution < -0.4 is 10.6 Å². The molecule has 2 rings (SSSR count). The zero-order valence-electron chi connectivity index (χ0n) is 11.4. The molecule has 98 valence electrons. The van der Waals surface area contributed by atoms with E-state index in [9.17, 15) is 4.79 Å². The molecule has 0 bridgehead atoms. The molecule has 1 aromatic carbocycles. The number of nitrogens with zero attached hydrogens (tertiary/aromatic N) is 1. The number of aryl methyl sites for hydroxylation is 2. The third-order valence-corrected chi connectivity index (χ3v) is 3.81. The van der Waals surface area contributed by atoms with E-state index in [0.717, 1.165) is 24.9 Å². The number of anilines is 1. The molecule has 0 heterocycles. The minimum Gasteiger partial charge on any atom is -0.327 e. The highest BCUT2D eigenvalue weighted by Crippen LogP contribution is 2.28. The Kier molecular flexibility index (Phi) is 3.71. The van der Waals surface area contributed by atoms with Gasteiger partial charge in [-0.15, -0.1) is 0 Å². The van der Waals surface area contributed by atoms with Crippen LogP contribution in [0.2, 0.25) is 0 Å². The lowest BCUT2D eigenvalue weighted by atomic mass is 10.0. The molecule has 0 spiro atoms. The minimum atomic E-state index is -0.00387. The molecule has 0 radical (unpaired) electrons. The number of carbonyl (C=O) groups is 1. The van der Waals surface area contributed by atoms with Crippen molar-refractivity contribution in [2.45, 2.75) is 39.2 Å². The standard InChI is InChI=1S/C15H22N2O/c1-10-7-11(2)9-12(8-10)17(3)15(18)13-5-4-6-14(13)16/h7-9,13-14H,4-6,16H2,1-3H3. The van der Waals surface area contributed by atoms with E-state index in [-0.39, 0.29) is 17.9 Å². The first-order valence-corrected chi connectivity index (χ1v) is 6.60. The van der Waals surface area contributed by atoms with Crippen LogP contribution in [0.3, 0.4) is 0 Å². The molecule has 1 amide bonds. The van der Waals surface area contributed by atoms with Crippen molar-refractivity contribution in [3.05, 3.63) is 29.3 Å². The summed E-state index contributed by atoms with van der Waals surface area (Å²) in [5.41, 5.74) is 9.34. The van der Waals surface area contributed by atoms with Crippen molar-refractivity contribution in [1.29, 1.82) is 0 Å². The molecule has 1 saturated carbocycles. The van der Waals surface area contributed by atoms with Gasteiger partial charge in [0.2, 0.25) is 5.91 Å². The lowest BCUT2D eigenvalue weighted by molar-refractivity contribution is -0.122. The predicted molar refractivity (Wildman–Crippen MR) is 74.6 cm³/mol. The second kappa shape index (κ2) is 5.11. The van der Waals surface area contributed by atoms with Gasteiger partial charge >= 0.3 is 0 Å². The van der Waals surface area contributed by atoms with Gasteiger partial charge in [0.15, 0.2) is 0 Å². The second-order valence-corrected chi connectivity index (χ2v) is 5.44.